The van der Waals surface area contributed by atoms with E-state index in [1.165, 1.54) is 5.56 Å². The number of aromatic nitrogens is 2. The Morgan fingerprint density at radius 1 is 1.05 bits per heavy atom. The molecule has 2 aromatic carbocycles. The predicted molar refractivity (Wildman–Crippen MR) is 82.5 cm³/mol. The van der Waals surface area contributed by atoms with E-state index in [9.17, 15) is 0 Å². The molecule has 3 aromatic rings. The summed E-state index contributed by atoms with van der Waals surface area (Å²) in [5, 5.41) is 0.793. The molecule has 1 aromatic heterocycles. The third-order valence-corrected chi connectivity index (χ3v) is 4.09. The van der Waals surface area contributed by atoms with Crippen LogP contribution in [0.2, 0.25) is 5.02 Å². The molecule has 0 saturated carbocycles. The van der Waals surface area contributed by atoms with Gasteiger partial charge in [-0.3, -0.25) is 0 Å². The molecule has 0 atom stereocenters. The van der Waals surface area contributed by atoms with Crippen molar-refractivity contribution in [2.75, 3.05) is 0 Å². The molecule has 96 valence electrons. The van der Waals surface area contributed by atoms with Crippen LogP contribution < -0.4 is 0 Å². The van der Waals surface area contributed by atoms with Crippen LogP contribution in [0.3, 0.4) is 0 Å². The number of rotatable bonds is 4. The van der Waals surface area contributed by atoms with Crippen molar-refractivity contribution < 1.29 is 0 Å². The minimum Gasteiger partial charge on any atom is -0.341 e. The van der Waals surface area contributed by atoms with E-state index in [1.807, 2.05) is 54.2 Å². The summed E-state index contributed by atoms with van der Waals surface area (Å²) in [4.78, 5) is 7.89. The largest absolute Gasteiger partial charge is 0.341 e. The van der Waals surface area contributed by atoms with E-state index in [1.54, 1.807) is 0 Å². The van der Waals surface area contributed by atoms with E-state index in [0.717, 1.165) is 33.4 Å². The van der Waals surface area contributed by atoms with Crippen molar-refractivity contribution in [1.82, 2.24) is 9.97 Å². The zero-order valence-corrected chi connectivity index (χ0v) is 11.8. The number of hydrogen-bond donors (Lipinski definition) is 1. The van der Waals surface area contributed by atoms with E-state index >= 15 is 0 Å². The highest BCUT2D eigenvalue weighted by Crippen LogP contribution is 2.20. The summed E-state index contributed by atoms with van der Waals surface area (Å²) < 4.78 is 0. The van der Waals surface area contributed by atoms with Crippen LogP contribution in [-0.2, 0) is 11.5 Å². The first-order valence-electron chi connectivity index (χ1n) is 6.07. The fraction of sp³-hybridized carbons (Fsp3) is 0.133. The molecule has 0 aliphatic rings. The Balaban J connectivity index is 1.63. The summed E-state index contributed by atoms with van der Waals surface area (Å²) in [7, 11) is 0. The Morgan fingerprint density at radius 3 is 2.79 bits per heavy atom. The lowest BCUT2D eigenvalue weighted by atomic mass is 10.2. The first kappa shape index (κ1) is 12.6. The normalized spacial score (nSPS) is 11.0. The summed E-state index contributed by atoms with van der Waals surface area (Å²) in [5.74, 6) is 2.84. The fourth-order valence-corrected chi connectivity index (χ4v) is 3.03. The van der Waals surface area contributed by atoms with Gasteiger partial charge in [-0.2, -0.15) is 0 Å². The first-order chi connectivity index (χ1) is 9.31. The molecule has 19 heavy (non-hydrogen) atoms. The molecule has 1 heterocycles. The zero-order valence-electron chi connectivity index (χ0n) is 10.3. The van der Waals surface area contributed by atoms with Gasteiger partial charge in [-0.1, -0.05) is 35.9 Å². The van der Waals surface area contributed by atoms with Gasteiger partial charge in [0.05, 0.1) is 16.8 Å². The van der Waals surface area contributed by atoms with Crippen LogP contribution in [-0.4, -0.2) is 9.97 Å². The number of hydrogen-bond acceptors (Lipinski definition) is 2. The van der Waals surface area contributed by atoms with Crippen molar-refractivity contribution >= 4 is 34.4 Å². The zero-order chi connectivity index (χ0) is 13.1. The van der Waals surface area contributed by atoms with Gasteiger partial charge in [0, 0.05) is 10.8 Å². The second-order valence-electron chi connectivity index (χ2n) is 4.32. The first-order valence-corrected chi connectivity index (χ1v) is 7.60. The van der Waals surface area contributed by atoms with Gasteiger partial charge < -0.3 is 4.98 Å². The second kappa shape index (κ2) is 5.68. The molecular formula is C15H13ClN2S. The second-order valence-corrected chi connectivity index (χ2v) is 5.75. The number of para-hydroxylation sites is 2. The molecule has 0 bridgehead atoms. The molecule has 4 heteroatoms. The Labute approximate surface area is 121 Å². The molecule has 0 unspecified atom stereocenters. The van der Waals surface area contributed by atoms with Crippen molar-refractivity contribution in [3.63, 3.8) is 0 Å². The molecule has 3 rings (SSSR count). The molecule has 0 spiro atoms. The van der Waals surface area contributed by atoms with Crippen molar-refractivity contribution in [3.05, 3.63) is 64.9 Å². The molecule has 0 saturated heterocycles. The number of nitrogens with zero attached hydrogens (tertiary/aromatic N) is 1. The topological polar surface area (TPSA) is 28.7 Å². The van der Waals surface area contributed by atoms with Gasteiger partial charge in [-0.05, 0) is 29.8 Å². The lowest BCUT2D eigenvalue weighted by Gasteiger charge is -2.00. The standard InChI is InChI=1S/C15H13ClN2S/c16-12-5-3-4-11(8-12)9-19-10-15-17-13-6-1-2-7-14(13)18-15/h1-8H,9-10H2,(H,17,18). The number of imidazole rings is 1. The maximum atomic E-state index is 5.97. The van der Waals surface area contributed by atoms with Gasteiger partial charge in [0.15, 0.2) is 0 Å². The van der Waals surface area contributed by atoms with E-state index in [2.05, 4.69) is 16.0 Å². The maximum Gasteiger partial charge on any atom is 0.117 e. The number of aromatic amines is 1. The van der Waals surface area contributed by atoms with Gasteiger partial charge in [0.1, 0.15) is 5.82 Å². The van der Waals surface area contributed by atoms with Gasteiger partial charge >= 0.3 is 0 Å². The number of benzene rings is 2. The van der Waals surface area contributed by atoms with E-state index in [-0.39, 0.29) is 0 Å². The summed E-state index contributed by atoms with van der Waals surface area (Å²) in [6, 6.07) is 16.1. The SMILES string of the molecule is Clc1cccc(CSCc2nc3ccccc3[nH]2)c1. The summed E-state index contributed by atoms with van der Waals surface area (Å²) in [6.45, 7) is 0. The number of halogens is 1. The highest BCUT2D eigenvalue weighted by molar-refractivity contribution is 7.97. The molecule has 2 nitrogen and oxygen atoms in total. The van der Waals surface area contributed by atoms with Gasteiger partial charge in [-0.15, -0.1) is 11.8 Å². The Morgan fingerprint density at radius 2 is 1.95 bits per heavy atom. The van der Waals surface area contributed by atoms with Gasteiger partial charge in [0.2, 0.25) is 0 Å². The van der Waals surface area contributed by atoms with Crippen molar-refractivity contribution in [3.8, 4) is 0 Å². The molecule has 0 fully saturated rings. The van der Waals surface area contributed by atoms with E-state index in [0.29, 0.717) is 0 Å². The summed E-state index contributed by atoms with van der Waals surface area (Å²) in [5.41, 5.74) is 3.37. The average molecular weight is 289 g/mol. The lowest BCUT2D eigenvalue weighted by Crippen LogP contribution is -1.85. The summed E-state index contributed by atoms with van der Waals surface area (Å²) >= 11 is 7.80. The highest BCUT2D eigenvalue weighted by atomic mass is 35.5. The molecule has 0 radical (unpaired) electrons. The van der Waals surface area contributed by atoms with Crippen LogP contribution in [0.5, 0.6) is 0 Å². The van der Waals surface area contributed by atoms with Crippen LogP contribution in [0.15, 0.2) is 48.5 Å². The van der Waals surface area contributed by atoms with Crippen LogP contribution in [0.4, 0.5) is 0 Å². The van der Waals surface area contributed by atoms with Crippen molar-refractivity contribution in [2.45, 2.75) is 11.5 Å². The highest BCUT2D eigenvalue weighted by Gasteiger charge is 2.02. The molecule has 0 amide bonds. The average Bonchev–Trinajstić information content (AvgIpc) is 2.81. The molecular weight excluding hydrogens is 276 g/mol. The molecule has 0 aliphatic heterocycles. The number of nitrogens with one attached hydrogen (secondary N) is 1. The van der Waals surface area contributed by atoms with Gasteiger partial charge in [0.25, 0.3) is 0 Å². The Hall–Kier alpha value is -1.45. The fourth-order valence-electron chi connectivity index (χ4n) is 1.97. The summed E-state index contributed by atoms with van der Waals surface area (Å²) in [6.07, 6.45) is 0. The number of fused-ring (bicyclic) bond motifs is 1. The predicted octanol–water partition coefficient (Wildman–Crippen LogP) is 4.65. The monoisotopic (exact) mass is 288 g/mol. The van der Waals surface area contributed by atoms with Crippen LogP contribution in [0.1, 0.15) is 11.4 Å². The van der Waals surface area contributed by atoms with Crippen molar-refractivity contribution in [2.24, 2.45) is 0 Å². The third-order valence-electron chi connectivity index (χ3n) is 2.83. The van der Waals surface area contributed by atoms with E-state index in [4.69, 9.17) is 11.6 Å². The van der Waals surface area contributed by atoms with Crippen LogP contribution in [0.25, 0.3) is 11.0 Å². The quantitative estimate of drug-likeness (QED) is 0.757. The molecule has 1 N–H and O–H groups in total. The Bertz CT molecular complexity index is 660. The smallest absolute Gasteiger partial charge is 0.117 e. The van der Waals surface area contributed by atoms with Gasteiger partial charge in [-0.25, -0.2) is 4.98 Å². The minimum atomic E-state index is 0.793. The van der Waals surface area contributed by atoms with Crippen molar-refractivity contribution in [1.29, 1.82) is 0 Å². The molecule has 0 aliphatic carbocycles. The van der Waals surface area contributed by atoms with E-state index < -0.39 is 0 Å². The maximum absolute atomic E-state index is 5.97. The van der Waals surface area contributed by atoms with Crippen LogP contribution >= 0.6 is 23.4 Å². The van der Waals surface area contributed by atoms with Crippen LogP contribution in [0, 0.1) is 0 Å². The number of thioether (sulfide) groups is 1. The lowest BCUT2D eigenvalue weighted by molar-refractivity contribution is 1.14. The minimum absolute atomic E-state index is 0.793. The third kappa shape index (κ3) is 3.11. The Kier molecular flexibility index (Phi) is 3.76. The number of H-pyrrole nitrogens is 1.